The standard InChI is InChI=1S/C18H36N2O4/c21-9-13-23-11-7-19-17-5-1-3-15-16(17)4-2-6-18(15)20-8-12-24-14-10-22/h15-22H,1-14H2. The van der Waals surface area contributed by atoms with Crippen LogP contribution < -0.4 is 10.6 Å². The van der Waals surface area contributed by atoms with E-state index in [1.54, 1.807) is 0 Å². The number of nitrogens with one attached hydrogen (secondary N) is 2. The molecule has 0 saturated heterocycles. The fourth-order valence-electron chi connectivity index (χ4n) is 4.48. The molecule has 0 radical (unpaired) electrons. The minimum absolute atomic E-state index is 0.101. The van der Waals surface area contributed by atoms with Crippen LogP contribution in [0.1, 0.15) is 38.5 Å². The van der Waals surface area contributed by atoms with E-state index in [0.717, 1.165) is 24.9 Å². The Hall–Kier alpha value is -0.240. The number of hydrogen-bond acceptors (Lipinski definition) is 6. The van der Waals surface area contributed by atoms with Gasteiger partial charge >= 0.3 is 0 Å². The molecule has 0 amide bonds. The number of aliphatic hydroxyl groups excluding tert-OH is 2. The molecule has 4 atom stereocenters. The zero-order valence-electron chi connectivity index (χ0n) is 14.9. The monoisotopic (exact) mass is 344 g/mol. The predicted octanol–water partition coefficient (Wildman–Crippen LogP) is 0.521. The van der Waals surface area contributed by atoms with Crippen molar-refractivity contribution in [3.8, 4) is 0 Å². The van der Waals surface area contributed by atoms with Crippen LogP contribution in [0.2, 0.25) is 0 Å². The highest BCUT2D eigenvalue weighted by molar-refractivity contribution is 4.95. The largest absolute Gasteiger partial charge is 0.394 e. The maximum Gasteiger partial charge on any atom is 0.0698 e. The van der Waals surface area contributed by atoms with E-state index >= 15 is 0 Å². The van der Waals surface area contributed by atoms with Crippen LogP contribution in [0, 0.1) is 11.8 Å². The highest BCUT2D eigenvalue weighted by atomic mass is 16.5. The van der Waals surface area contributed by atoms with E-state index in [9.17, 15) is 0 Å². The minimum atomic E-state index is 0.101. The SMILES string of the molecule is OCCOCCNC1CCCC2C(NCCOCCO)CCCC12. The van der Waals surface area contributed by atoms with Gasteiger partial charge in [-0.2, -0.15) is 0 Å². The van der Waals surface area contributed by atoms with Crippen LogP contribution in [0.25, 0.3) is 0 Å². The fourth-order valence-corrected chi connectivity index (χ4v) is 4.48. The van der Waals surface area contributed by atoms with E-state index in [-0.39, 0.29) is 13.2 Å². The summed E-state index contributed by atoms with van der Waals surface area (Å²) >= 11 is 0. The molecule has 24 heavy (non-hydrogen) atoms. The van der Waals surface area contributed by atoms with Gasteiger partial charge in [-0.15, -0.1) is 0 Å². The summed E-state index contributed by atoms with van der Waals surface area (Å²) in [4.78, 5) is 0. The third kappa shape index (κ3) is 6.58. The van der Waals surface area contributed by atoms with Crippen molar-refractivity contribution in [3.63, 3.8) is 0 Å². The number of rotatable bonds is 12. The van der Waals surface area contributed by atoms with Crippen LogP contribution in [-0.4, -0.2) is 75.0 Å². The summed E-state index contributed by atoms with van der Waals surface area (Å²) in [6, 6.07) is 1.22. The number of fused-ring (bicyclic) bond motifs is 1. The average molecular weight is 344 g/mol. The lowest BCUT2D eigenvalue weighted by Crippen LogP contribution is -2.52. The molecule has 4 N–H and O–H groups in total. The third-order valence-electron chi connectivity index (χ3n) is 5.47. The molecule has 0 aliphatic heterocycles. The van der Waals surface area contributed by atoms with Crippen molar-refractivity contribution < 1.29 is 19.7 Å². The van der Waals surface area contributed by atoms with Crippen LogP contribution in [-0.2, 0) is 9.47 Å². The molecule has 6 nitrogen and oxygen atoms in total. The second-order valence-electron chi connectivity index (χ2n) is 6.98. The van der Waals surface area contributed by atoms with Gasteiger partial charge in [0, 0.05) is 25.2 Å². The number of aliphatic hydroxyl groups is 2. The van der Waals surface area contributed by atoms with Gasteiger partial charge in [-0.3, -0.25) is 0 Å². The molecule has 0 aromatic carbocycles. The molecule has 0 spiro atoms. The van der Waals surface area contributed by atoms with Crippen LogP contribution >= 0.6 is 0 Å². The van der Waals surface area contributed by atoms with Crippen molar-refractivity contribution in [1.29, 1.82) is 0 Å². The Morgan fingerprint density at radius 3 is 1.54 bits per heavy atom. The van der Waals surface area contributed by atoms with Crippen molar-refractivity contribution in [3.05, 3.63) is 0 Å². The van der Waals surface area contributed by atoms with Gasteiger partial charge in [0.05, 0.1) is 39.6 Å². The van der Waals surface area contributed by atoms with Gasteiger partial charge in [0.2, 0.25) is 0 Å². The van der Waals surface area contributed by atoms with Crippen molar-refractivity contribution in [2.75, 3.05) is 52.7 Å². The molecule has 0 heterocycles. The summed E-state index contributed by atoms with van der Waals surface area (Å²) in [5.74, 6) is 1.53. The first-order valence-electron chi connectivity index (χ1n) is 9.70. The Bertz CT molecular complexity index is 289. The third-order valence-corrected chi connectivity index (χ3v) is 5.47. The first-order valence-corrected chi connectivity index (χ1v) is 9.70. The highest BCUT2D eigenvalue weighted by Gasteiger charge is 2.39. The Labute approximate surface area is 146 Å². The maximum atomic E-state index is 8.74. The Kier molecular flexibility index (Phi) is 10.2. The first-order chi connectivity index (χ1) is 11.9. The van der Waals surface area contributed by atoms with Crippen LogP contribution in [0.3, 0.4) is 0 Å². The average Bonchev–Trinajstić information content (AvgIpc) is 2.61. The lowest BCUT2D eigenvalue weighted by Gasteiger charge is -2.46. The molecule has 2 aliphatic rings. The molecule has 6 heteroatoms. The molecule has 2 aliphatic carbocycles. The summed E-state index contributed by atoms with van der Waals surface area (Å²) in [5.41, 5.74) is 0. The zero-order chi connectivity index (χ0) is 17.0. The molecule has 0 bridgehead atoms. The normalized spacial score (nSPS) is 30.2. The maximum absolute atomic E-state index is 8.74. The van der Waals surface area contributed by atoms with Crippen molar-refractivity contribution in [2.24, 2.45) is 11.8 Å². The summed E-state index contributed by atoms with van der Waals surface area (Å²) in [7, 11) is 0. The van der Waals surface area contributed by atoms with Crippen molar-refractivity contribution >= 4 is 0 Å². The summed E-state index contributed by atoms with van der Waals surface area (Å²) < 4.78 is 10.7. The Morgan fingerprint density at radius 2 is 1.12 bits per heavy atom. The smallest absolute Gasteiger partial charge is 0.0698 e. The van der Waals surface area contributed by atoms with Crippen LogP contribution in [0.15, 0.2) is 0 Å². The molecule has 4 unspecified atom stereocenters. The molecular formula is C18H36N2O4. The van der Waals surface area contributed by atoms with E-state index in [4.69, 9.17) is 19.7 Å². The number of hydrogen-bond donors (Lipinski definition) is 4. The molecule has 0 aromatic heterocycles. The first kappa shape index (κ1) is 20.1. The molecular weight excluding hydrogens is 308 g/mol. The van der Waals surface area contributed by atoms with Gasteiger partial charge in [0.15, 0.2) is 0 Å². The van der Waals surface area contributed by atoms with Gasteiger partial charge in [-0.05, 0) is 37.5 Å². The Balaban J connectivity index is 1.71. The summed E-state index contributed by atoms with van der Waals surface area (Å²) in [6.45, 7) is 4.18. The summed E-state index contributed by atoms with van der Waals surface area (Å²) in [6.07, 6.45) is 7.81. The lowest BCUT2D eigenvalue weighted by molar-refractivity contribution is 0.0638. The second-order valence-corrected chi connectivity index (χ2v) is 6.98. The van der Waals surface area contributed by atoms with Crippen molar-refractivity contribution in [2.45, 2.75) is 50.6 Å². The van der Waals surface area contributed by atoms with E-state index in [1.165, 1.54) is 38.5 Å². The van der Waals surface area contributed by atoms with Crippen LogP contribution in [0.4, 0.5) is 0 Å². The lowest BCUT2D eigenvalue weighted by atomic mass is 9.66. The van der Waals surface area contributed by atoms with Gasteiger partial charge in [-0.25, -0.2) is 0 Å². The van der Waals surface area contributed by atoms with Gasteiger partial charge < -0.3 is 30.3 Å². The van der Waals surface area contributed by atoms with E-state index in [1.807, 2.05) is 0 Å². The fraction of sp³-hybridized carbons (Fsp3) is 1.00. The van der Waals surface area contributed by atoms with E-state index in [2.05, 4.69) is 10.6 Å². The van der Waals surface area contributed by atoms with Gasteiger partial charge in [0.1, 0.15) is 0 Å². The number of ether oxygens (including phenoxy) is 2. The van der Waals surface area contributed by atoms with Gasteiger partial charge in [0.25, 0.3) is 0 Å². The van der Waals surface area contributed by atoms with Crippen LogP contribution in [0.5, 0.6) is 0 Å². The van der Waals surface area contributed by atoms with Crippen molar-refractivity contribution in [1.82, 2.24) is 10.6 Å². The topological polar surface area (TPSA) is 83.0 Å². The Morgan fingerprint density at radius 1 is 0.667 bits per heavy atom. The molecule has 2 rings (SSSR count). The zero-order valence-corrected chi connectivity index (χ0v) is 14.9. The second kappa shape index (κ2) is 12.2. The highest BCUT2D eigenvalue weighted by Crippen LogP contribution is 2.40. The minimum Gasteiger partial charge on any atom is -0.394 e. The van der Waals surface area contributed by atoms with Gasteiger partial charge in [-0.1, -0.05) is 12.8 Å². The van der Waals surface area contributed by atoms with E-state index in [0.29, 0.717) is 38.5 Å². The molecule has 2 saturated carbocycles. The van der Waals surface area contributed by atoms with E-state index < -0.39 is 0 Å². The molecule has 2 fully saturated rings. The molecule has 0 aromatic rings. The summed E-state index contributed by atoms with van der Waals surface area (Å²) in [5, 5.41) is 24.9. The molecule has 142 valence electrons. The predicted molar refractivity (Wildman–Crippen MR) is 94.1 cm³/mol. The quantitative estimate of drug-likeness (QED) is 0.387.